The van der Waals surface area contributed by atoms with Gasteiger partial charge in [-0.2, -0.15) is 0 Å². The highest BCUT2D eigenvalue weighted by Crippen LogP contribution is 2.25. The molecule has 0 bridgehead atoms. The first-order valence-corrected chi connectivity index (χ1v) is 7.48. The van der Waals surface area contributed by atoms with Gasteiger partial charge in [-0.3, -0.25) is 0 Å². The first-order chi connectivity index (χ1) is 8.13. The Morgan fingerprint density at radius 3 is 2.59 bits per heavy atom. The highest BCUT2D eigenvalue weighted by Gasteiger charge is 2.28. The Balaban J connectivity index is 2.31. The Morgan fingerprint density at radius 2 is 2.06 bits per heavy atom. The van der Waals surface area contributed by atoms with Crippen LogP contribution in [0.25, 0.3) is 0 Å². The Morgan fingerprint density at radius 1 is 1.29 bits per heavy atom. The first kappa shape index (κ1) is 15.0. The van der Waals surface area contributed by atoms with Crippen LogP contribution in [-0.2, 0) is 4.74 Å². The van der Waals surface area contributed by atoms with Gasteiger partial charge in [-0.15, -0.1) is 0 Å². The molecule has 102 valence electrons. The van der Waals surface area contributed by atoms with Crippen molar-refractivity contribution >= 4 is 0 Å². The van der Waals surface area contributed by atoms with Gasteiger partial charge in [0, 0.05) is 12.0 Å². The van der Waals surface area contributed by atoms with Crippen molar-refractivity contribution in [1.82, 2.24) is 5.32 Å². The molecule has 2 nitrogen and oxygen atoms in total. The van der Waals surface area contributed by atoms with Crippen LogP contribution in [0.5, 0.6) is 0 Å². The highest BCUT2D eigenvalue weighted by molar-refractivity contribution is 4.82. The maximum atomic E-state index is 5.71. The fourth-order valence-corrected chi connectivity index (χ4v) is 2.71. The fraction of sp³-hybridized carbons (Fsp3) is 1.00. The van der Waals surface area contributed by atoms with Gasteiger partial charge in [0.1, 0.15) is 0 Å². The number of hydrogen-bond donors (Lipinski definition) is 1. The summed E-state index contributed by atoms with van der Waals surface area (Å²) in [5, 5.41) is 3.73. The Bertz CT molecular complexity index is 193. The first-order valence-electron chi connectivity index (χ1n) is 7.48. The van der Waals surface area contributed by atoms with Crippen molar-refractivity contribution in [1.29, 1.82) is 0 Å². The van der Waals surface area contributed by atoms with E-state index < -0.39 is 0 Å². The lowest BCUT2D eigenvalue weighted by atomic mass is 9.91. The molecular weight excluding hydrogens is 210 g/mol. The smallest absolute Gasteiger partial charge is 0.0551 e. The van der Waals surface area contributed by atoms with Crippen LogP contribution in [0.3, 0.4) is 0 Å². The molecule has 1 heterocycles. The molecule has 2 heteroatoms. The van der Waals surface area contributed by atoms with Crippen molar-refractivity contribution in [3.63, 3.8) is 0 Å². The topological polar surface area (TPSA) is 21.3 Å². The van der Waals surface area contributed by atoms with Gasteiger partial charge in [-0.1, -0.05) is 33.6 Å². The van der Waals surface area contributed by atoms with Gasteiger partial charge in [0.2, 0.25) is 0 Å². The molecule has 0 aromatic rings. The number of hydrogen-bond acceptors (Lipinski definition) is 2. The van der Waals surface area contributed by atoms with Crippen LogP contribution in [0.4, 0.5) is 0 Å². The van der Waals surface area contributed by atoms with Crippen LogP contribution in [0.1, 0.15) is 59.8 Å². The number of rotatable bonds is 8. The second-order valence-electron chi connectivity index (χ2n) is 6.03. The summed E-state index contributed by atoms with van der Waals surface area (Å²) in [6.45, 7) is 11.2. The lowest BCUT2D eigenvalue weighted by Gasteiger charge is -2.24. The standard InChI is InChI=1S/C15H31NO/c1-5-9-16-15(8-6-7-12(2)3)14-10-13(4)17-11-14/h12-16H,5-11H2,1-4H3. The van der Waals surface area contributed by atoms with Gasteiger partial charge in [0.15, 0.2) is 0 Å². The van der Waals surface area contributed by atoms with E-state index in [1.807, 2.05) is 0 Å². The Kier molecular flexibility index (Phi) is 7.14. The molecule has 0 saturated carbocycles. The van der Waals surface area contributed by atoms with E-state index >= 15 is 0 Å². The lowest BCUT2D eigenvalue weighted by Crippen LogP contribution is -2.37. The molecule has 1 aliphatic heterocycles. The van der Waals surface area contributed by atoms with Gasteiger partial charge >= 0.3 is 0 Å². The third-order valence-electron chi connectivity index (χ3n) is 3.75. The van der Waals surface area contributed by atoms with Gasteiger partial charge in [-0.05, 0) is 38.6 Å². The summed E-state index contributed by atoms with van der Waals surface area (Å²) < 4.78 is 5.71. The van der Waals surface area contributed by atoms with Crippen LogP contribution in [0.15, 0.2) is 0 Å². The highest BCUT2D eigenvalue weighted by atomic mass is 16.5. The molecule has 17 heavy (non-hydrogen) atoms. The molecule has 0 amide bonds. The maximum absolute atomic E-state index is 5.71. The minimum absolute atomic E-state index is 0.469. The molecular formula is C15H31NO. The van der Waals surface area contributed by atoms with E-state index in [1.165, 1.54) is 32.1 Å². The average Bonchev–Trinajstić information content (AvgIpc) is 2.69. The van der Waals surface area contributed by atoms with E-state index in [9.17, 15) is 0 Å². The van der Waals surface area contributed by atoms with Crippen LogP contribution in [-0.4, -0.2) is 25.3 Å². The van der Waals surface area contributed by atoms with Gasteiger partial charge in [0.25, 0.3) is 0 Å². The second-order valence-corrected chi connectivity index (χ2v) is 6.03. The molecule has 0 aromatic carbocycles. The van der Waals surface area contributed by atoms with Gasteiger partial charge in [0.05, 0.1) is 12.7 Å². The van der Waals surface area contributed by atoms with Crippen molar-refractivity contribution in [3.8, 4) is 0 Å². The maximum Gasteiger partial charge on any atom is 0.0551 e. The van der Waals surface area contributed by atoms with Crippen LogP contribution >= 0.6 is 0 Å². The molecule has 0 aliphatic carbocycles. The zero-order valence-electron chi connectivity index (χ0n) is 12.2. The summed E-state index contributed by atoms with van der Waals surface area (Å²) in [6.07, 6.45) is 6.96. The van der Waals surface area contributed by atoms with E-state index in [4.69, 9.17) is 4.74 Å². The molecule has 1 N–H and O–H groups in total. The predicted octanol–water partition coefficient (Wildman–Crippen LogP) is 3.61. The SMILES string of the molecule is CCCNC(CCCC(C)C)C1COC(C)C1. The molecule has 1 aliphatic rings. The largest absolute Gasteiger partial charge is 0.378 e. The van der Waals surface area contributed by atoms with Gasteiger partial charge in [-0.25, -0.2) is 0 Å². The van der Waals surface area contributed by atoms with E-state index in [1.54, 1.807) is 0 Å². The van der Waals surface area contributed by atoms with Crippen LogP contribution < -0.4 is 5.32 Å². The van der Waals surface area contributed by atoms with Crippen molar-refractivity contribution in [2.24, 2.45) is 11.8 Å². The van der Waals surface area contributed by atoms with Crippen molar-refractivity contribution in [3.05, 3.63) is 0 Å². The minimum atomic E-state index is 0.469. The van der Waals surface area contributed by atoms with E-state index in [0.717, 1.165) is 25.0 Å². The van der Waals surface area contributed by atoms with E-state index in [2.05, 4.69) is 33.0 Å². The molecule has 1 saturated heterocycles. The Labute approximate surface area is 108 Å². The van der Waals surface area contributed by atoms with Crippen molar-refractivity contribution in [2.45, 2.75) is 71.9 Å². The summed E-state index contributed by atoms with van der Waals surface area (Å²) in [6, 6.07) is 0.679. The predicted molar refractivity (Wildman–Crippen MR) is 74.3 cm³/mol. The summed E-state index contributed by atoms with van der Waals surface area (Å²) in [7, 11) is 0. The summed E-state index contributed by atoms with van der Waals surface area (Å²) >= 11 is 0. The second kappa shape index (κ2) is 8.10. The van der Waals surface area contributed by atoms with Crippen LogP contribution in [0.2, 0.25) is 0 Å². The number of ether oxygens (including phenoxy) is 1. The molecule has 1 rings (SSSR count). The van der Waals surface area contributed by atoms with Crippen molar-refractivity contribution in [2.75, 3.05) is 13.2 Å². The summed E-state index contributed by atoms with van der Waals surface area (Å²) in [4.78, 5) is 0. The monoisotopic (exact) mass is 241 g/mol. The summed E-state index contributed by atoms with van der Waals surface area (Å²) in [5.41, 5.74) is 0. The van der Waals surface area contributed by atoms with E-state index in [0.29, 0.717) is 12.1 Å². The minimum Gasteiger partial charge on any atom is -0.378 e. The average molecular weight is 241 g/mol. The van der Waals surface area contributed by atoms with Gasteiger partial charge < -0.3 is 10.1 Å². The normalized spacial score (nSPS) is 26.6. The van der Waals surface area contributed by atoms with E-state index in [-0.39, 0.29) is 0 Å². The molecule has 3 unspecified atom stereocenters. The zero-order valence-corrected chi connectivity index (χ0v) is 12.2. The van der Waals surface area contributed by atoms with Crippen LogP contribution in [0, 0.1) is 11.8 Å². The molecule has 3 atom stereocenters. The lowest BCUT2D eigenvalue weighted by molar-refractivity contribution is 0.116. The third-order valence-corrected chi connectivity index (χ3v) is 3.75. The molecule has 0 spiro atoms. The fourth-order valence-electron chi connectivity index (χ4n) is 2.71. The van der Waals surface area contributed by atoms with Crippen molar-refractivity contribution < 1.29 is 4.74 Å². The quantitative estimate of drug-likeness (QED) is 0.701. The zero-order chi connectivity index (χ0) is 12.7. The Hall–Kier alpha value is -0.0800. The molecule has 0 aromatic heterocycles. The summed E-state index contributed by atoms with van der Waals surface area (Å²) in [5.74, 6) is 1.57. The third kappa shape index (κ3) is 5.87. The molecule has 1 fully saturated rings. The number of nitrogens with one attached hydrogen (secondary N) is 1. The molecule has 0 radical (unpaired) electrons.